The number of likely N-dealkylation sites (N-methyl/N-ethyl adjacent to an activating group) is 1. The number of sulfone groups is 1. The van der Waals surface area contributed by atoms with Gasteiger partial charge in [0, 0.05) is 31.2 Å². The van der Waals surface area contributed by atoms with E-state index in [9.17, 15) is 8.42 Å². The number of halogens is 1. The number of hydrogen-bond donors (Lipinski definition) is 0. The summed E-state index contributed by atoms with van der Waals surface area (Å²) in [5.74, 6) is 0.643. The summed E-state index contributed by atoms with van der Waals surface area (Å²) < 4.78 is 32.6. The van der Waals surface area contributed by atoms with Crippen molar-refractivity contribution in [3.8, 4) is 10.8 Å². The molecule has 2 aromatic heterocycles. The second kappa shape index (κ2) is 7.87. The Kier molecular flexibility index (Phi) is 5.46. The highest BCUT2D eigenvalue weighted by Crippen LogP contribution is 2.36. The van der Waals surface area contributed by atoms with Gasteiger partial charge in [-0.1, -0.05) is 24.6 Å². The number of aromatic nitrogens is 1. The molecule has 0 bridgehead atoms. The van der Waals surface area contributed by atoms with Crippen LogP contribution in [0, 0.1) is 0 Å². The standard InChI is InChI=1S/C19H20ClN3O3S2/c1-2-22-9-11-23(12-10-22)19-18(21-17(26-19)16-4-3-13-27-16)28(24,25)15-7-5-14(20)6-8-15/h3-8,13H,2,9-12H2,1H3. The van der Waals surface area contributed by atoms with Gasteiger partial charge in [0.1, 0.15) is 0 Å². The van der Waals surface area contributed by atoms with Gasteiger partial charge in [-0.3, -0.25) is 0 Å². The lowest BCUT2D eigenvalue weighted by Gasteiger charge is -2.33. The van der Waals surface area contributed by atoms with Crippen molar-refractivity contribution in [3.05, 3.63) is 46.8 Å². The molecule has 3 aromatic rings. The molecule has 0 spiro atoms. The van der Waals surface area contributed by atoms with E-state index in [0.29, 0.717) is 29.9 Å². The highest BCUT2D eigenvalue weighted by atomic mass is 35.5. The Balaban J connectivity index is 1.78. The first kappa shape index (κ1) is 19.4. The first-order chi connectivity index (χ1) is 13.5. The maximum atomic E-state index is 13.3. The summed E-state index contributed by atoms with van der Waals surface area (Å²) in [5, 5.41) is 2.35. The largest absolute Gasteiger partial charge is 0.418 e. The summed E-state index contributed by atoms with van der Waals surface area (Å²) in [7, 11) is -3.84. The van der Waals surface area contributed by atoms with Crippen molar-refractivity contribution in [2.75, 3.05) is 37.6 Å². The number of hydrogen-bond acceptors (Lipinski definition) is 7. The molecule has 1 fully saturated rings. The van der Waals surface area contributed by atoms with Crippen LogP contribution in [0.1, 0.15) is 6.92 Å². The van der Waals surface area contributed by atoms with Crippen LogP contribution in [-0.2, 0) is 9.84 Å². The second-order valence-corrected chi connectivity index (χ2v) is 9.73. The fourth-order valence-electron chi connectivity index (χ4n) is 3.17. The molecular formula is C19H20ClN3O3S2. The zero-order chi connectivity index (χ0) is 19.7. The molecule has 0 N–H and O–H groups in total. The lowest BCUT2D eigenvalue weighted by molar-refractivity contribution is 0.266. The predicted octanol–water partition coefficient (Wildman–Crippen LogP) is 4.03. The Morgan fingerprint density at radius 3 is 2.46 bits per heavy atom. The fourth-order valence-corrected chi connectivity index (χ4v) is 5.27. The maximum absolute atomic E-state index is 13.3. The highest BCUT2D eigenvalue weighted by molar-refractivity contribution is 7.91. The molecule has 0 aliphatic carbocycles. The smallest absolute Gasteiger partial charge is 0.240 e. The lowest BCUT2D eigenvalue weighted by Crippen LogP contribution is -2.46. The van der Waals surface area contributed by atoms with Crippen LogP contribution in [-0.4, -0.2) is 51.0 Å². The average molecular weight is 438 g/mol. The zero-order valence-corrected chi connectivity index (χ0v) is 17.7. The monoisotopic (exact) mass is 437 g/mol. The molecule has 1 saturated heterocycles. The lowest BCUT2D eigenvalue weighted by atomic mass is 10.3. The minimum atomic E-state index is -3.84. The van der Waals surface area contributed by atoms with Crippen molar-refractivity contribution in [2.24, 2.45) is 0 Å². The molecule has 9 heteroatoms. The summed E-state index contributed by atoms with van der Waals surface area (Å²) in [6.45, 7) is 6.18. The first-order valence-electron chi connectivity index (χ1n) is 9.01. The minimum absolute atomic E-state index is 0.0387. The van der Waals surface area contributed by atoms with Gasteiger partial charge in [-0.15, -0.1) is 11.3 Å². The first-order valence-corrected chi connectivity index (χ1v) is 11.8. The number of anilines is 1. The summed E-state index contributed by atoms with van der Waals surface area (Å²) in [6.07, 6.45) is 0. The van der Waals surface area contributed by atoms with Gasteiger partial charge in [-0.2, -0.15) is 4.98 Å². The normalized spacial score (nSPS) is 15.9. The molecule has 0 saturated carbocycles. The Morgan fingerprint density at radius 1 is 1.14 bits per heavy atom. The van der Waals surface area contributed by atoms with Crippen LogP contribution in [0.4, 0.5) is 5.88 Å². The van der Waals surface area contributed by atoms with Gasteiger partial charge in [0.25, 0.3) is 0 Å². The molecule has 0 amide bonds. The van der Waals surface area contributed by atoms with Crippen LogP contribution in [0.25, 0.3) is 10.8 Å². The van der Waals surface area contributed by atoms with E-state index in [2.05, 4.69) is 16.8 Å². The molecule has 0 atom stereocenters. The van der Waals surface area contributed by atoms with E-state index >= 15 is 0 Å². The number of rotatable bonds is 5. The molecule has 28 heavy (non-hydrogen) atoms. The van der Waals surface area contributed by atoms with Crippen molar-refractivity contribution in [2.45, 2.75) is 16.8 Å². The second-order valence-electron chi connectivity index (χ2n) is 6.49. The number of benzene rings is 1. The van der Waals surface area contributed by atoms with Gasteiger partial charge in [-0.25, -0.2) is 8.42 Å². The number of nitrogens with zero attached hydrogens (tertiary/aromatic N) is 3. The Hall–Kier alpha value is -1.87. The minimum Gasteiger partial charge on any atom is -0.418 e. The van der Waals surface area contributed by atoms with Gasteiger partial charge in [-0.05, 0) is 42.3 Å². The van der Waals surface area contributed by atoms with Gasteiger partial charge in [0.05, 0.1) is 9.77 Å². The summed E-state index contributed by atoms with van der Waals surface area (Å²) in [4.78, 5) is 9.64. The van der Waals surface area contributed by atoms with Crippen molar-refractivity contribution >= 4 is 38.7 Å². The summed E-state index contributed by atoms with van der Waals surface area (Å²) >= 11 is 7.38. The van der Waals surface area contributed by atoms with Crippen LogP contribution in [0.3, 0.4) is 0 Å². The van der Waals surface area contributed by atoms with Gasteiger partial charge in [0.15, 0.2) is 0 Å². The van der Waals surface area contributed by atoms with E-state index in [0.717, 1.165) is 24.5 Å². The van der Waals surface area contributed by atoms with Crippen molar-refractivity contribution in [1.29, 1.82) is 0 Å². The topological polar surface area (TPSA) is 66.7 Å². The maximum Gasteiger partial charge on any atom is 0.240 e. The van der Waals surface area contributed by atoms with Crippen LogP contribution in [0.15, 0.2) is 56.1 Å². The molecule has 148 valence electrons. The molecule has 4 rings (SSSR count). The average Bonchev–Trinajstić information content (AvgIpc) is 3.38. The van der Waals surface area contributed by atoms with E-state index in [1.165, 1.54) is 23.5 Å². The Morgan fingerprint density at radius 2 is 1.86 bits per heavy atom. The van der Waals surface area contributed by atoms with Crippen LogP contribution >= 0.6 is 22.9 Å². The van der Waals surface area contributed by atoms with Crippen molar-refractivity contribution < 1.29 is 12.8 Å². The third kappa shape index (κ3) is 3.69. The fraction of sp³-hybridized carbons (Fsp3) is 0.316. The molecule has 1 aliphatic rings. The zero-order valence-electron chi connectivity index (χ0n) is 15.3. The number of piperazine rings is 1. The van der Waals surface area contributed by atoms with Crippen LogP contribution in [0.5, 0.6) is 0 Å². The number of thiophene rings is 1. The third-order valence-corrected chi connectivity index (χ3v) is 7.57. The molecule has 0 radical (unpaired) electrons. The highest BCUT2D eigenvalue weighted by Gasteiger charge is 2.32. The molecule has 6 nitrogen and oxygen atoms in total. The van der Waals surface area contributed by atoms with Crippen molar-refractivity contribution in [1.82, 2.24) is 9.88 Å². The SMILES string of the molecule is CCN1CCN(c2oc(-c3cccs3)nc2S(=O)(=O)c2ccc(Cl)cc2)CC1. The summed E-state index contributed by atoms with van der Waals surface area (Å²) in [6, 6.07) is 9.87. The van der Waals surface area contributed by atoms with Gasteiger partial charge >= 0.3 is 0 Å². The van der Waals surface area contributed by atoms with E-state index in [1.54, 1.807) is 12.1 Å². The molecule has 1 aliphatic heterocycles. The number of oxazole rings is 1. The van der Waals surface area contributed by atoms with Gasteiger partial charge in [0.2, 0.25) is 26.6 Å². The van der Waals surface area contributed by atoms with E-state index in [1.807, 2.05) is 22.4 Å². The Labute approximate surface area is 173 Å². The molecule has 3 heterocycles. The van der Waals surface area contributed by atoms with Crippen molar-refractivity contribution in [3.63, 3.8) is 0 Å². The quantitative estimate of drug-likeness (QED) is 0.600. The van der Waals surface area contributed by atoms with E-state index < -0.39 is 9.84 Å². The Bertz CT molecular complexity index is 1040. The van der Waals surface area contributed by atoms with E-state index in [-0.39, 0.29) is 9.92 Å². The summed E-state index contributed by atoms with van der Waals surface area (Å²) in [5.41, 5.74) is 0. The van der Waals surface area contributed by atoms with Crippen LogP contribution in [0.2, 0.25) is 5.02 Å². The van der Waals surface area contributed by atoms with E-state index in [4.69, 9.17) is 16.0 Å². The predicted molar refractivity (Wildman–Crippen MR) is 111 cm³/mol. The molecule has 1 aromatic carbocycles. The van der Waals surface area contributed by atoms with Gasteiger partial charge < -0.3 is 14.2 Å². The third-order valence-electron chi connectivity index (χ3n) is 4.80. The molecule has 0 unspecified atom stereocenters. The van der Waals surface area contributed by atoms with Crippen LogP contribution < -0.4 is 4.90 Å². The molecular weight excluding hydrogens is 418 g/mol.